The van der Waals surface area contributed by atoms with Crippen LogP contribution in [0.15, 0.2) is 114 Å². The van der Waals surface area contributed by atoms with Gasteiger partial charge in [0.25, 0.3) is 0 Å². The summed E-state index contributed by atoms with van der Waals surface area (Å²) in [6, 6.07) is 12.5. The maximum atomic E-state index is 6.15. The van der Waals surface area contributed by atoms with Crippen molar-refractivity contribution in [3.05, 3.63) is 126 Å². The van der Waals surface area contributed by atoms with Crippen molar-refractivity contribution < 1.29 is 4.74 Å². The molecule has 2 N–H and O–H groups in total. The minimum Gasteiger partial charge on any atom is -0.492 e. The lowest BCUT2D eigenvalue weighted by molar-refractivity contribution is 0.267. The van der Waals surface area contributed by atoms with E-state index >= 15 is 0 Å². The highest BCUT2D eigenvalue weighted by Crippen LogP contribution is 2.34. The molecule has 1 aromatic carbocycles. The average molecular weight is 495 g/mol. The van der Waals surface area contributed by atoms with Crippen LogP contribution < -0.4 is 10.6 Å². The number of aliphatic imine (C=N–C) groups is 1. The maximum Gasteiger partial charge on any atom is 0.132 e. The average Bonchev–Trinajstić information content (AvgIpc) is 3.42. The van der Waals surface area contributed by atoms with Crippen molar-refractivity contribution in [1.82, 2.24) is 15.6 Å². The Morgan fingerprint density at radius 3 is 2.70 bits per heavy atom. The monoisotopic (exact) mass is 494 g/mol. The van der Waals surface area contributed by atoms with Gasteiger partial charge < -0.3 is 15.4 Å². The first-order valence-electron chi connectivity index (χ1n) is 12.8. The third kappa shape index (κ3) is 7.94. The summed E-state index contributed by atoms with van der Waals surface area (Å²) in [6.07, 6.45) is 15.2. The van der Waals surface area contributed by atoms with E-state index in [1.165, 1.54) is 17.3 Å². The van der Waals surface area contributed by atoms with E-state index in [1.807, 2.05) is 37.5 Å². The van der Waals surface area contributed by atoms with E-state index in [0.717, 1.165) is 52.3 Å². The molecule has 0 amide bonds. The minimum atomic E-state index is 0.655. The summed E-state index contributed by atoms with van der Waals surface area (Å²) in [4.78, 5) is 8.27. The number of allylic oxidation sites excluding steroid dienone is 6. The van der Waals surface area contributed by atoms with Gasteiger partial charge in [-0.05, 0) is 60.7 Å². The number of aromatic nitrogens is 1. The second-order valence-corrected chi connectivity index (χ2v) is 8.70. The summed E-state index contributed by atoms with van der Waals surface area (Å²) in [7, 11) is 0. The topological polar surface area (TPSA) is 58.5 Å². The van der Waals surface area contributed by atoms with Gasteiger partial charge in [-0.15, -0.1) is 0 Å². The van der Waals surface area contributed by atoms with E-state index in [1.54, 1.807) is 6.21 Å². The molecule has 5 nitrogen and oxygen atoms in total. The molecule has 2 aromatic rings. The number of nitrogens with one attached hydrogen (secondary N) is 2. The number of hydrogen-bond donors (Lipinski definition) is 2. The lowest BCUT2D eigenvalue weighted by Crippen LogP contribution is -2.16. The van der Waals surface area contributed by atoms with Crippen molar-refractivity contribution in [3.63, 3.8) is 0 Å². The molecular formula is C32H38N4O. The molecule has 0 atom stereocenters. The van der Waals surface area contributed by atoms with Crippen molar-refractivity contribution in [1.29, 1.82) is 0 Å². The molecule has 3 rings (SSSR count). The van der Waals surface area contributed by atoms with Gasteiger partial charge in [0.15, 0.2) is 0 Å². The third-order valence-electron chi connectivity index (χ3n) is 6.14. The quantitative estimate of drug-likeness (QED) is 0.313. The first-order chi connectivity index (χ1) is 18.1. The molecule has 1 aliphatic rings. The number of benzene rings is 1. The highest BCUT2D eigenvalue weighted by atomic mass is 16.5. The van der Waals surface area contributed by atoms with Crippen LogP contribution in [0.1, 0.15) is 50.3 Å². The van der Waals surface area contributed by atoms with Gasteiger partial charge in [0.2, 0.25) is 0 Å². The minimum absolute atomic E-state index is 0.655. The van der Waals surface area contributed by atoms with Gasteiger partial charge in [0.1, 0.15) is 5.76 Å². The summed E-state index contributed by atoms with van der Waals surface area (Å²) in [6.45, 7) is 16.2. The zero-order valence-electron chi connectivity index (χ0n) is 22.3. The van der Waals surface area contributed by atoms with Gasteiger partial charge in [-0.1, -0.05) is 56.5 Å². The number of nitrogens with zero attached hydrogens (tertiary/aromatic N) is 2. The molecule has 0 saturated carbocycles. The fraction of sp³-hybridized carbons (Fsp3) is 0.250. The molecule has 0 aliphatic carbocycles. The van der Waals surface area contributed by atoms with E-state index in [2.05, 4.69) is 84.0 Å². The lowest BCUT2D eigenvalue weighted by Gasteiger charge is -2.15. The van der Waals surface area contributed by atoms with Gasteiger partial charge in [-0.2, -0.15) is 0 Å². The fourth-order valence-electron chi connectivity index (χ4n) is 4.02. The van der Waals surface area contributed by atoms with Crippen molar-refractivity contribution in [2.24, 2.45) is 4.99 Å². The molecule has 0 unspecified atom stereocenters. The second-order valence-electron chi connectivity index (χ2n) is 8.70. The van der Waals surface area contributed by atoms with Gasteiger partial charge >= 0.3 is 0 Å². The number of ether oxygens (including phenoxy) is 1. The Morgan fingerprint density at radius 2 is 1.97 bits per heavy atom. The van der Waals surface area contributed by atoms with Crippen LogP contribution in [-0.2, 0) is 11.3 Å². The first-order valence-corrected chi connectivity index (χ1v) is 12.8. The van der Waals surface area contributed by atoms with Crippen LogP contribution in [0, 0.1) is 0 Å². The Kier molecular flexibility index (Phi) is 10.7. The fourth-order valence-corrected chi connectivity index (χ4v) is 4.02. The second kappa shape index (κ2) is 14.4. The smallest absolute Gasteiger partial charge is 0.132 e. The van der Waals surface area contributed by atoms with Gasteiger partial charge in [0.05, 0.1) is 6.61 Å². The van der Waals surface area contributed by atoms with Crippen LogP contribution >= 0.6 is 0 Å². The van der Waals surface area contributed by atoms with Crippen molar-refractivity contribution in [3.8, 4) is 0 Å². The predicted molar refractivity (Wildman–Crippen MR) is 157 cm³/mol. The van der Waals surface area contributed by atoms with Crippen LogP contribution in [0.5, 0.6) is 0 Å². The Morgan fingerprint density at radius 1 is 1.16 bits per heavy atom. The van der Waals surface area contributed by atoms with Crippen molar-refractivity contribution in [2.45, 2.75) is 40.2 Å². The molecule has 0 radical (unpaired) electrons. The highest BCUT2D eigenvalue weighted by Gasteiger charge is 2.22. The summed E-state index contributed by atoms with van der Waals surface area (Å²) in [5, 5.41) is 7.02. The summed E-state index contributed by atoms with van der Waals surface area (Å²) in [5.74, 6) is 0.951. The molecule has 37 heavy (non-hydrogen) atoms. The Hall–Kier alpha value is -4.12. The summed E-state index contributed by atoms with van der Waals surface area (Å²) >= 11 is 0. The van der Waals surface area contributed by atoms with Crippen LogP contribution in [0.4, 0.5) is 0 Å². The molecule has 192 valence electrons. The zero-order chi connectivity index (χ0) is 26.5. The predicted octanol–water partition coefficient (Wildman–Crippen LogP) is 6.96. The lowest BCUT2D eigenvalue weighted by atomic mass is 10.00. The van der Waals surface area contributed by atoms with Crippen molar-refractivity contribution >= 4 is 17.5 Å². The molecule has 0 bridgehead atoms. The SMILES string of the molecule is C=CN=C/C(=C\C)CNC(=C)c1cccc(CN\C(C)=C2/CCO/C2=C(/C=C/CC)c2ccncc2)c1. The van der Waals surface area contributed by atoms with Gasteiger partial charge in [-0.3, -0.25) is 9.98 Å². The maximum absolute atomic E-state index is 6.15. The van der Waals surface area contributed by atoms with E-state index in [-0.39, 0.29) is 0 Å². The molecule has 2 heterocycles. The van der Waals surface area contributed by atoms with E-state index in [9.17, 15) is 0 Å². The van der Waals surface area contributed by atoms with Crippen LogP contribution in [-0.4, -0.2) is 24.4 Å². The normalized spacial score (nSPS) is 16.6. The van der Waals surface area contributed by atoms with E-state index < -0.39 is 0 Å². The largest absolute Gasteiger partial charge is 0.492 e. The Bertz CT molecular complexity index is 1230. The zero-order valence-corrected chi connectivity index (χ0v) is 22.3. The third-order valence-corrected chi connectivity index (χ3v) is 6.14. The Labute approximate surface area is 221 Å². The van der Waals surface area contributed by atoms with Gasteiger partial charge in [-0.25, -0.2) is 0 Å². The number of hydrogen-bond acceptors (Lipinski definition) is 5. The molecule has 1 saturated heterocycles. The molecule has 1 fully saturated rings. The highest BCUT2D eigenvalue weighted by molar-refractivity contribution is 5.80. The van der Waals surface area contributed by atoms with Crippen LogP contribution in [0.2, 0.25) is 0 Å². The summed E-state index contributed by atoms with van der Waals surface area (Å²) < 4.78 is 6.15. The van der Waals surface area contributed by atoms with E-state index in [0.29, 0.717) is 19.7 Å². The van der Waals surface area contributed by atoms with E-state index in [4.69, 9.17) is 4.74 Å². The molecule has 0 spiro atoms. The molecular weight excluding hydrogens is 456 g/mol. The number of pyridine rings is 1. The first kappa shape index (κ1) is 27.5. The van der Waals surface area contributed by atoms with Gasteiger partial charge in [0, 0.05) is 66.9 Å². The van der Waals surface area contributed by atoms with Crippen LogP contribution in [0.3, 0.4) is 0 Å². The molecule has 1 aliphatic heterocycles. The Balaban J connectivity index is 1.74. The number of rotatable bonds is 12. The molecule has 5 heteroatoms. The molecule has 1 aromatic heterocycles. The summed E-state index contributed by atoms with van der Waals surface area (Å²) in [5.41, 5.74) is 8.75. The van der Waals surface area contributed by atoms with Crippen molar-refractivity contribution in [2.75, 3.05) is 13.2 Å². The van der Waals surface area contributed by atoms with Crippen LogP contribution in [0.25, 0.3) is 11.3 Å². The standard InChI is InChI=1S/C32H38N4O/c1-6-9-13-31(28-14-17-34-18-15-28)32-30(16-19-37-32)25(5)36-23-27-11-10-12-29(20-27)24(4)35-22-26(7-2)21-33-8-3/h7-15,17-18,20-21,35-36H,3-4,6,16,19,22-23H2,1-2,5H3/b13-9+,26-7+,30-25+,32-31-,33-21?.